The molecule has 0 aliphatic heterocycles. The third kappa shape index (κ3) is 4.00. The fourth-order valence-corrected chi connectivity index (χ4v) is 2.67. The smallest absolute Gasteiger partial charge is 0.254 e. The predicted octanol–water partition coefficient (Wildman–Crippen LogP) is 2.01. The van der Waals surface area contributed by atoms with Crippen molar-refractivity contribution >= 4 is 34.4 Å². The second kappa shape index (κ2) is 7.53. The van der Waals surface area contributed by atoms with Gasteiger partial charge in [-0.25, -0.2) is 4.68 Å². The number of likely N-dealkylation sites (N-methyl/N-ethyl adjacent to an activating group) is 1. The molecule has 1 heterocycles. The van der Waals surface area contributed by atoms with Gasteiger partial charge in [0.05, 0.1) is 12.1 Å². The van der Waals surface area contributed by atoms with Crippen LogP contribution in [0.25, 0.3) is 11.0 Å². The van der Waals surface area contributed by atoms with Gasteiger partial charge < -0.3 is 10.2 Å². The van der Waals surface area contributed by atoms with Gasteiger partial charge in [-0.3, -0.25) is 9.59 Å². The van der Waals surface area contributed by atoms with Gasteiger partial charge in [0.2, 0.25) is 5.91 Å². The molecule has 0 aliphatic carbocycles. The first-order valence-electron chi connectivity index (χ1n) is 8.00. The van der Waals surface area contributed by atoms with E-state index in [1.807, 2.05) is 12.1 Å². The fraction of sp³-hybridized carbons (Fsp3) is 0.222. The quantitative estimate of drug-likeness (QED) is 0.744. The highest BCUT2D eigenvalue weighted by Gasteiger charge is 2.16. The number of halogens is 1. The number of fused-ring (bicyclic) bond motifs is 1. The molecule has 26 heavy (non-hydrogen) atoms. The molecule has 2 aromatic carbocycles. The normalized spacial score (nSPS) is 10.7. The summed E-state index contributed by atoms with van der Waals surface area (Å²) < 4.78 is 1.64. The molecule has 7 nitrogen and oxygen atoms in total. The molecule has 0 spiro atoms. The molecule has 3 rings (SSSR count). The Balaban J connectivity index is 1.58. The molecule has 134 valence electrons. The number of aryl methyl sites for hydroxylation is 1. The molecule has 0 fully saturated rings. The first-order valence-corrected chi connectivity index (χ1v) is 8.38. The lowest BCUT2D eigenvalue weighted by molar-refractivity contribution is -0.121. The molecule has 0 aliphatic rings. The molecule has 0 bridgehead atoms. The number of aromatic nitrogens is 3. The molecule has 3 aromatic rings. The maximum Gasteiger partial charge on any atom is 0.254 e. The Morgan fingerprint density at radius 1 is 1.19 bits per heavy atom. The highest BCUT2D eigenvalue weighted by atomic mass is 35.5. The summed E-state index contributed by atoms with van der Waals surface area (Å²) in [5.41, 5.74) is 2.87. The summed E-state index contributed by atoms with van der Waals surface area (Å²) in [4.78, 5) is 26.0. The van der Waals surface area contributed by atoms with Crippen LogP contribution in [0.3, 0.4) is 0 Å². The lowest BCUT2D eigenvalue weighted by atomic mass is 10.1. The van der Waals surface area contributed by atoms with Gasteiger partial charge >= 0.3 is 0 Å². The van der Waals surface area contributed by atoms with E-state index in [0.717, 1.165) is 11.1 Å². The minimum Gasteiger partial charge on any atom is -0.350 e. The van der Waals surface area contributed by atoms with E-state index in [4.69, 9.17) is 11.6 Å². The largest absolute Gasteiger partial charge is 0.350 e. The minimum absolute atomic E-state index is 0.0368. The Labute approximate surface area is 155 Å². The minimum atomic E-state index is -0.251. The van der Waals surface area contributed by atoms with E-state index in [9.17, 15) is 9.59 Å². The number of rotatable bonds is 5. The Hall–Kier alpha value is -2.93. The Morgan fingerprint density at radius 2 is 1.92 bits per heavy atom. The van der Waals surface area contributed by atoms with Crippen molar-refractivity contribution in [1.82, 2.24) is 25.2 Å². The summed E-state index contributed by atoms with van der Waals surface area (Å²) in [6, 6.07) is 12.4. The number of amides is 2. The van der Waals surface area contributed by atoms with Gasteiger partial charge in [0.15, 0.2) is 0 Å². The van der Waals surface area contributed by atoms with Gasteiger partial charge in [0.25, 0.3) is 5.91 Å². The van der Waals surface area contributed by atoms with Crippen molar-refractivity contribution in [2.45, 2.75) is 6.54 Å². The molecule has 1 aromatic heterocycles. The highest BCUT2D eigenvalue weighted by Crippen LogP contribution is 2.14. The van der Waals surface area contributed by atoms with Crippen LogP contribution in [0.1, 0.15) is 15.9 Å². The number of carbonyl (C=O) groups excluding carboxylic acids is 2. The van der Waals surface area contributed by atoms with E-state index in [1.54, 1.807) is 49.1 Å². The van der Waals surface area contributed by atoms with Crippen molar-refractivity contribution in [3.05, 3.63) is 58.6 Å². The van der Waals surface area contributed by atoms with Crippen LogP contribution in [0.15, 0.2) is 42.5 Å². The zero-order valence-corrected chi connectivity index (χ0v) is 15.2. The molecular weight excluding hydrogens is 354 g/mol. The summed E-state index contributed by atoms with van der Waals surface area (Å²) in [6.07, 6.45) is 0. The summed E-state index contributed by atoms with van der Waals surface area (Å²) in [7, 11) is 3.37. The molecule has 8 heteroatoms. The van der Waals surface area contributed by atoms with E-state index in [1.165, 1.54) is 4.90 Å². The Kier molecular flexibility index (Phi) is 5.18. The van der Waals surface area contributed by atoms with Crippen LogP contribution < -0.4 is 5.32 Å². The van der Waals surface area contributed by atoms with Crippen molar-refractivity contribution in [3.8, 4) is 0 Å². The Bertz CT molecular complexity index is 952. The van der Waals surface area contributed by atoms with Crippen LogP contribution in [-0.4, -0.2) is 45.3 Å². The zero-order chi connectivity index (χ0) is 18.7. The van der Waals surface area contributed by atoms with Crippen molar-refractivity contribution in [1.29, 1.82) is 0 Å². The number of carbonyl (C=O) groups is 2. The third-order valence-electron chi connectivity index (χ3n) is 3.99. The SMILES string of the molecule is CN(CC(=O)NCc1ccc(Cl)cc1)C(=O)c1ccc2c(c1)nnn2C. The molecule has 0 unspecified atom stereocenters. The van der Waals surface area contributed by atoms with Crippen molar-refractivity contribution in [2.24, 2.45) is 7.05 Å². The lowest BCUT2D eigenvalue weighted by Gasteiger charge is -2.17. The van der Waals surface area contributed by atoms with Crippen LogP contribution in [0.5, 0.6) is 0 Å². The molecular formula is C18H18ClN5O2. The molecule has 0 radical (unpaired) electrons. The summed E-state index contributed by atoms with van der Waals surface area (Å²) >= 11 is 5.83. The Morgan fingerprint density at radius 3 is 2.65 bits per heavy atom. The number of hydrogen-bond donors (Lipinski definition) is 1. The molecule has 1 N–H and O–H groups in total. The number of nitrogens with one attached hydrogen (secondary N) is 1. The van der Waals surface area contributed by atoms with Gasteiger partial charge in [-0.15, -0.1) is 5.10 Å². The van der Waals surface area contributed by atoms with Crippen molar-refractivity contribution in [2.75, 3.05) is 13.6 Å². The first kappa shape index (κ1) is 17.9. The van der Waals surface area contributed by atoms with Gasteiger partial charge in [0.1, 0.15) is 5.52 Å². The van der Waals surface area contributed by atoms with Gasteiger partial charge in [-0.05, 0) is 35.9 Å². The predicted molar refractivity (Wildman–Crippen MR) is 98.8 cm³/mol. The number of nitrogens with zero attached hydrogens (tertiary/aromatic N) is 4. The number of hydrogen-bond acceptors (Lipinski definition) is 4. The van der Waals surface area contributed by atoms with E-state index in [0.29, 0.717) is 22.6 Å². The zero-order valence-electron chi connectivity index (χ0n) is 14.4. The second-order valence-electron chi connectivity index (χ2n) is 5.98. The fourth-order valence-electron chi connectivity index (χ4n) is 2.54. The van der Waals surface area contributed by atoms with E-state index < -0.39 is 0 Å². The van der Waals surface area contributed by atoms with Gasteiger partial charge in [-0.1, -0.05) is 28.9 Å². The van der Waals surface area contributed by atoms with Crippen LogP contribution in [-0.2, 0) is 18.4 Å². The van der Waals surface area contributed by atoms with Crippen LogP contribution in [0.4, 0.5) is 0 Å². The molecule has 0 saturated heterocycles. The maximum absolute atomic E-state index is 12.5. The second-order valence-corrected chi connectivity index (χ2v) is 6.42. The standard InChI is InChI=1S/C18H18ClN5O2/c1-23(11-17(25)20-10-12-3-6-14(19)7-4-12)18(26)13-5-8-16-15(9-13)21-22-24(16)2/h3-9H,10-11H2,1-2H3,(H,20,25). The van der Waals surface area contributed by atoms with E-state index in [-0.39, 0.29) is 18.4 Å². The molecule has 0 atom stereocenters. The first-order chi connectivity index (χ1) is 12.4. The molecule has 0 saturated carbocycles. The van der Waals surface area contributed by atoms with Crippen LogP contribution in [0, 0.1) is 0 Å². The van der Waals surface area contributed by atoms with Gasteiger partial charge in [0, 0.05) is 31.2 Å². The van der Waals surface area contributed by atoms with Crippen molar-refractivity contribution in [3.63, 3.8) is 0 Å². The van der Waals surface area contributed by atoms with Crippen LogP contribution >= 0.6 is 11.6 Å². The number of benzene rings is 2. The maximum atomic E-state index is 12.5. The summed E-state index contributed by atoms with van der Waals surface area (Å²) in [5.74, 6) is -0.490. The average Bonchev–Trinajstić information content (AvgIpc) is 3.01. The third-order valence-corrected chi connectivity index (χ3v) is 4.24. The average molecular weight is 372 g/mol. The van der Waals surface area contributed by atoms with Crippen molar-refractivity contribution < 1.29 is 9.59 Å². The monoisotopic (exact) mass is 371 g/mol. The summed E-state index contributed by atoms with van der Waals surface area (Å²) in [5, 5.41) is 11.4. The van der Waals surface area contributed by atoms with Crippen LogP contribution in [0.2, 0.25) is 5.02 Å². The van der Waals surface area contributed by atoms with E-state index in [2.05, 4.69) is 15.6 Å². The van der Waals surface area contributed by atoms with E-state index >= 15 is 0 Å². The summed E-state index contributed by atoms with van der Waals surface area (Å²) in [6.45, 7) is 0.342. The highest BCUT2D eigenvalue weighted by molar-refractivity contribution is 6.30. The van der Waals surface area contributed by atoms with Gasteiger partial charge in [-0.2, -0.15) is 0 Å². The molecule has 2 amide bonds. The lowest BCUT2D eigenvalue weighted by Crippen LogP contribution is -2.38. The topological polar surface area (TPSA) is 80.1 Å².